The highest BCUT2D eigenvalue weighted by molar-refractivity contribution is 6.34. The lowest BCUT2D eigenvalue weighted by Gasteiger charge is -2.18. The first kappa shape index (κ1) is 19.8. The van der Waals surface area contributed by atoms with Crippen molar-refractivity contribution in [1.29, 1.82) is 0 Å². The fourth-order valence-corrected chi connectivity index (χ4v) is 3.40. The molecule has 2 amide bonds. The average Bonchev–Trinajstić information content (AvgIpc) is 3.12. The van der Waals surface area contributed by atoms with Crippen molar-refractivity contribution in [3.63, 3.8) is 0 Å². The number of nitrogens with zero attached hydrogens (tertiary/aromatic N) is 1. The Morgan fingerprint density at radius 2 is 1.75 bits per heavy atom. The van der Waals surface area contributed by atoms with Gasteiger partial charge in [-0.2, -0.15) is 0 Å². The number of rotatable bonds is 6. The maximum atomic E-state index is 12.7. The number of hydrogen-bond acceptors (Lipinski definition) is 5. The zero-order valence-corrected chi connectivity index (χ0v) is 16.6. The molecule has 1 N–H and O–H groups in total. The lowest BCUT2D eigenvalue weighted by Crippen LogP contribution is -2.24. The van der Waals surface area contributed by atoms with E-state index in [4.69, 9.17) is 25.8 Å². The van der Waals surface area contributed by atoms with E-state index in [1.807, 2.05) is 0 Å². The van der Waals surface area contributed by atoms with Gasteiger partial charge in [-0.25, -0.2) is 0 Å². The third-order valence-electron chi connectivity index (χ3n) is 4.50. The van der Waals surface area contributed by atoms with Gasteiger partial charge in [0.15, 0.2) is 11.5 Å². The van der Waals surface area contributed by atoms with Crippen molar-refractivity contribution in [2.75, 3.05) is 38.1 Å². The summed E-state index contributed by atoms with van der Waals surface area (Å²) in [6.07, 6.45) is 1.34. The van der Waals surface area contributed by atoms with Crippen LogP contribution in [0.25, 0.3) is 0 Å². The van der Waals surface area contributed by atoms with Crippen LogP contribution in [0.5, 0.6) is 17.2 Å². The molecule has 1 aliphatic heterocycles. The molecular formula is C20H21ClN2O5. The Morgan fingerprint density at radius 3 is 2.25 bits per heavy atom. The van der Waals surface area contributed by atoms with E-state index < -0.39 is 0 Å². The van der Waals surface area contributed by atoms with E-state index in [2.05, 4.69) is 5.32 Å². The van der Waals surface area contributed by atoms with Gasteiger partial charge in [0.05, 0.1) is 32.0 Å². The number of ether oxygens (including phenoxy) is 3. The molecule has 0 saturated carbocycles. The third-order valence-corrected chi connectivity index (χ3v) is 4.80. The average molecular weight is 405 g/mol. The molecule has 2 aromatic carbocycles. The number of benzene rings is 2. The fourth-order valence-electron chi connectivity index (χ4n) is 3.12. The lowest BCUT2D eigenvalue weighted by atomic mass is 10.1. The van der Waals surface area contributed by atoms with Gasteiger partial charge in [0.25, 0.3) is 5.91 Å². The van der Waals surface area contributed by atoms with Gasteiger partial charge in [-0.1, -0.05) is 11.6 Å². The maximum absolute atomic E-state index is 12.7. The summed E-state index contributed by atoms with van der Waals surface area (Å²) in [5, 5.41) is 3.19. The molecule has 1 heterocycles. The summed E-state index contributed by atoms with van der Waals surface area (Å²) in [6, 6.07) is 8.20. The van der Waals surface area contributed by atoms with E-state index in [-0.39, 0.29) is 11.8 Å². The van der Waals surface area contributed by atoms with Crippen LogP contribution in [-0.4, -0.2) is 39.7 Å². The molecule has 0 atom stereocenters. The zero-order chi connectivity index (χ0) is 20.3. The van der Waals surface area contributed by atoms with Crippen LogP contribution in [0.1, 0.15) is 23.2 Å². The van der Waals surface area contributed by atoms with Crippen molar-refractivity contribution < 1.29 is 23.8 Å². The Kier molecular flexibility index (Phi) is 5.94. The van der Waals surface area contributed by atoms with Crippen LogP contribution in [0, 0.1) is 0 Å². The van der Waals surface area contributed by atoms with Crippen LogP contribution >= 0.6 is 11.6 Å². The molecule has 1 aliphatic rings. The summed E-state index contributed by atoms with van der Waals surface area (Å²) >= 11 is 6.34. The minimum absolute atomic E-state index is 0.0520. The highest BCUT2D eigenvalue weighted by Gasteiger charge is 2.24. The first-order chi connectivity index (χ1) is 13.5. The summed E-state index contributed by atoms with van der Waals surface area (Å²) in [5.41, 5.74) is 1.50. The molecule has 0 radical (unpaired) electrons. The van der Waals surface area contributed by atoms with Crippen molar-refractivity contribution in [2.24, 2.45) is 0 Å². The van der Waals surface area contributed by atoms with E-state index >= 15 is 0 Å². The molecule has 0 spiro atoms. The van der Waals surface area contributed by atoms with Gasteiger partial charge in [-0.05, 0) is 36.8 Å². The monoisotopic (exact) mass is 404 g/mol. The number of nitrogens with one attached hydrogen (secondary N) is 1. The number of carbonyl (C=O) groups excluding carboxylic acids is 2. The number of hydrogen-bond donors (Lipinski definition) is 1. The van der Waals surface area contributed by atoms with E-state index in [1.54, 1.807) is 35.2 Å². The summed E-state index contributed by atoms with van der Waals surface area (Å²) in [7, 11) is 4.46. The van der Waals surface area contributed by atoms with Crippen molar-refractivity contribution >= 4 is 34.8 Å². The van der Waals surface area contributed by atoms with Gasteiger partial charge in [-0.3, -0.25) is 9.59 Å². The second-order valence-electron chi connectivity index (χ2n) is 6.18. The first-order valence-corrected chi connectivity index (χ1v) is 9.07. The van der Waals surface area contributed by atoms with Gasteiger partial charge < -0.3 is 24.4 Å². The minimum Gasteiger partial charge on any atom is -0.493 e. The Labute approximate surface area is 168 Å². The summed E-state index contributed by atoms with van der Waals surface area (Å²) in [4.78, 5) is 26.3. The third kappa shape index (κ3) is 3.84. The molecule has 8 heteroatoms. The molecule has 0 aliphatic carbocycles. The van der Waals surface area contributed by atoms with Crippen LogP contribution < -0.4 is 24.4 Å². The highest BCUT2D eigenvalue weighted by Crippen LogP contribution is 2.38. The van der Waals surface area contributed by atoms with Crippen LogP contribution in [0.2, 0.25) is 5.02 Å². The Hall–Kier alpha value is -2.93. The Morgan fingerprint density at radius 1 is 1.07 bits per heavy atom. The van der Waals surface area contributed by atoms with E-state index in [0.29, 0.717) is 52.2 Å². The van der Waals surface area contributed by atoms with Gasteiger partial charge in [0.2, 0.25) is 11.7 Å². The van der Waals surface area contributed by atoms with Crippen molar-refractivity contribution in [3.8, 4) is 17.2 Å². The molecule has 1 saturated heterocycles. The number of carbonyl (C=O) groups is 2. The fraction of sp³-hybridized carbons (Fsp3) is 0.300. The number of anilines is 2. The maximum Gasteiger partial charge on any atom is 0.255 e. The smallest absolute Gasteiger partial charge is 0.255 e. The minimum atomic E-state index is -0.361. The van der Waals surface area contributed by atoms with E-state index in [0.717, 1.165) is 6.42 Å². The zero-order valence-electron chi connectivity index (χ0n) is 15.9. The summed E-state index contributed by atoms with van der Waals surface area (Å²) in [5.74, 6) is 0.863. The second-order valence-corrected chi connectivity index (χ2v) is 6.59. The van der Waals surface area contributed by atoms with Gasteiger partial charge in [0, 0.05) is 24.2 Å². The first-order valence-electron chi connectivity index (χ1n) is 8.69. The van der Waals surface area contributed by atoms with Crippen molar-refractivity contribution in [1.82, 2.24) is 0 Å². The lowest BCUT2D eigenvalue weighted by molar-refractivity contribution is -0.117. The highest BCUT2D eigenvalue weighted by atomic mass is 35.5. The molecule has 1 fully saturated rings. The van der Waals surface area contributed by atoms with Gasteiger partial charge in [-0.15, -0.1) is 0 Å². The van der Waals surface area contributed by atoms with Crippen LogP contribution in [0.3, 0.4) is 0 Å². The number of amides is 2. The Bertz CT molecular complexity index is 890. The molecule has 0 unspecified atom stereocenters. The predicted molar refractivity (Wildman–Crippen MR) is 107 cm³/mol. The van der Waals surface area contributed by atoms with Gasteiger partial charge >= 0.3 is 0 Å². The van der Waals surface area contributed by atoms with Crippen LogP contribution in [0.4, 0.5) is 11.4 Å². The summed E-state index contributed by atoms with van der Waals surface area (Å²) in [6.45, 7) is 0.649. The largest absolute Gasteiger partial charge is 0.493 e. The molecule has 148 valence electrons. The van der Waals surface area contributed by atoms with E-state index in [1.165, 1.54) is 21.3 Å². The second kappa shape index (κ2) is 8.39. The standard InChI is InChI=1S/C20H21ClN2O5/c1-26-16-9-12(10-17(27-2)19(16)28-3)20(25)22-13-6-7-15(14(21)11-13)23-8-4-5-18(23)24/h6-7,9-11H,4-5,8H2,1-3H3,(H,22,25). The quantitative estimate of drug-likeness (QED) is 0.793. The topological polar surface area (TPSA) is 77.1 Å². The van der Waals surface area contributed by atoms with Crippen LogP contribution in [0.15, 0.2) is 30.3 Å². The molecular weight excluding hydrogens is 384 g/mol. The molecule has 3 rings (SSSR count). The predicted octanol–water partition coefficient (Wildman–Crippen LogP) is 3.74. The summed E-state index contributed by atoms with van der Waals surface area (Å²) < 4.78 is 15.8. The van der Waals surface area contributed by atoms with Crippen molar-refractivity contribution in [2.45, 2.75) is 12.8 Å². The Balaban J connectivity index is 1.83. The van der Waals surface area contributed by atoms with Gasteiger partial charge in [0.1, 0.15) is 0 Å². The normalized spacial score (nSPS) is 13.4. The molecule has 0 aromatic heterocycles. The SMILES string of the molecule is COc1cc(C(=O)Nc2ccc(N3CCCC3=O)c(Cl)c2)cc(OC)c1OC. The van der Waals surface area contributed by atoms with Crippen LogP contribution in [-0.2, 0) is 4.79 Å². The van der Waals surface area contributed by atoms with Crippen molar-refractivity contribution in [3.05, 3.63) is 40.9 Å². The molecule has 0 bridgehead atoms. The molecule has 2 aromatic rings. The number of methoxy groups -OCH3 is 3. The molecule has 28 heavy (non-hydrogen) atoms. The molecule has 7 nitrogen and oxygen atoms in total. The number of halogens is 1. The van der Waals surface area contributed by atoms with E-state index in [9.17, 15) is 9.59 Å².